The lowest BCUT2D eigenvalue weighted by Gasteiger charge is -2.15. The summed E-state index contributed by atoms with van der Waals surface area (Å²) in [5, 5.41) is 10.5. The summed E-state index contributed by atoms with van der Waals surface area (Å²) in [5.74, 6) is 0. The van der Waals surface area contributed by atoms with Crippen molar-refractivity contribution in [3.05, 3.63) is 20.8 Å². The van der Waals surface area contributed by atoms with Gasteiger partial charge in [0, 0.05) is 11.4 Å². The number of thiophene rings is 1. The molecule has 1 unspecified atom stereocenters. The van der Waals surface area contributed by atoms with Gasteiger partial charge in [-0.25, -0.2) is 4.98 Å². The molecule has 7 heteroatoms. The van der Waals surface area contributed by atoms with Crippen LogP contribution in [0.2, 0.25) is 0 Å². The lowest BCUT2D eigenvalue weighted by Crippen LogP contribution is -2.26. The molecule has 0 spiro atoms. The molecule has 2 aromatic heterocycles. The lowest BCUT2D eigenvalue weighted by molar-refractivity contribution is 0.379. The highest BCUT2D eigenvalue weighted by atomic mass is 32.2. The van der Waals surface area contributed by atoms with Gasteiger partial charge in [-0.2, -0.15) is 5.26 Å². The molecule has 0 aromatic carbocycles. The number of hydrogen-bond acceptors (Lipinski definition) is 6. The van der Waals surface area contributed by atoms with Crippen molar-refractivity contribution >= 4 is 33.3 Å². The Morgan fingerprint density at radius 3 is 2.88 bits per heavy atom. The minimum Gasteiger partial charge on any atom is -0.309 e. The Morgan fingerprint density at radius 1 is 1.40 bits per heavy atom. The Morgan fingerprint density at radius 2 is 2.16 bits per heavy atom. The molecule has 0 fully saturated rings. The quantitative estimate of drug-likeness (QED) is 0.572. The maximum atomic E-state index is 13.2. The van der Waals surface area contributed by atoms with Crippen molar-refractivity contribution in [1.82, 2.24) is 14.5 Å². The molecule has 0 radical (unpaired) electrons. The van der Waals surface area contributed by atoms with E-state index in [2.05, 4.69) is 11.0 Å². The van der Waals surface area contributed by atoms with Crippen molar-refractivity contribution in [3.63, 3.8) is 0 Å². The number of thioether (sulfide) groups is 1. The second kappa shape index (κ2) is 7.90. The highest BCUT2D eigenvalue weighted by Gasteiger charge is 2.22. The zero-order valence-electron chi connectivity index (χ0n) is 15.0. The second-order valence-corrected chi connectivity index (χ2v) is 9.18. The predicted molar refractivity (Wildman–Crippen MR) is 105 cm³/mol. The normalized spacial score (nSPS) is 15.3. The third kappa shape index (κ3) is 3.91. The van der Waals surface area contributed by atoms with Crippen LogP contribution in [0.1, 0.15) is 36.6 Å². The molecule has 0 bridgehead atoms. The molecule has 2 heterocycles. The van der Waals surface area contributed by atoms with Gasteiger partial charge in [-0.15, -0.1) is 11.3 Å². The molecule has 1 aliphatic rings. The molecule has 0 saturated carbocycles. The number of rotatable bonds is 6. The lowest BCUT2D eigenvalue weighted by atomic mass is 9.97. The van der Waals surface area contributed by atoms with Crippen LogP contribution in [0.3, 0.4) is 0 Å². The first-order chi connectivity index (χ1) is 12.0. The molecule has 0 N–H and O–H groups in total. The molecule has 3 rings (SSSR count). The van der Waals surface area contributed by atoms with Crippen molar-refractivity contribution in [2.45, 2.75) is 56.0 Å². The average molecular weight is 377 g/mol. The zero-order chi connectivity index (χ0) is 18.0. The number of fused-ring (bicyclic) bond motifs is 3. The molecule has 25 heavy (non-hydrogen) atoms. The van der Waals surface area contributed by atoms with Crippen LogP contribution in [0.5, 0.6) is 0 Å². The van der Waals surface area contributed by atoms with Gasteiger partial charge in [0.05, 0.1) is 16.7 Å². The summed E-state index contributed by atoms with van der Waals surface area (Å²) < 4.78 is 1.80. The van der Waals surface area contributed by atoms with Crippen molar-refractivity contribution < 1.29 is 0 Å². The van der Waals surface area contributed by atoms with Gasteiger partial charge in [-0.3, -0.25) is 9.36 Å². The fourth-order valence-corrected chi connectivity index (χ4v) is 5.36. The third-order valence-electron chi connectivity index (χ3n) is 4.49. The molecular formula is C18H24N4OS2. The van der Waals surface area contributed by atoms with E-state index in [0.29, 0.717) is 11.7 Å². The minimum atomic E-state index is -0.223. The highest BCUT2D eigenvalue weighted by molar-refractivity contribution is 8.00. The maximum Gasteiger partial charge on any atom is 0.263 e. The fraction of sp³-hybridized carbons (Fsp3) is 0.611. The molecule has 1 atom stereocenters. The van der Waals surface area contributed by atoms with E-state index >= 15 is 0 Å². The van der Waals surface area contributed by atoms with Gasteiger partial charge in [0.25, 0.3) is 5.56 Å². The van der Waals surface area contributed by atoms with Crippen LogP contribution < -0.4 is 5.56 Å². The Labute approximate surface area is 156 Å². The zero-order valence-corrected chi connectivity index (χ0v) is 16.7. The Bertz CT molecular complexity index is 863. The average Bonchev–Trinajstić information content (AvgIpc) is 2.95. The van der Waals surface area contributed by atoms with Crippen molar-refractivity contribution in [3.8, 4) is 6.07 Å². The van der Waals surface area contributed by atoms with E-state index in [-0.39, 0.29) is 10.8 Å². The van der Waals surface area contributed by atoms with E-state index in [1.54, 1.807) is 15.9 Å². The van der Waals surface area contributed by atoms with E-state index in [4.69, 9.17) is 10.2 Å². The van der Waals surface area contributed by atoms with Crippen molar-refractivity contribution in [2.24, 2.45) is 0 Å². The molecular weight excluding hydrogens is 352 g/mol. The summed E-state index contributed by atoms with van der Waals surface area (Å²) in [6, 6.07) is 2.23. The van der Waals surface area contributed by atoms with Crippen LogP contribution in [-0.2, 0) is 19.4 Å². The standard InChI is InChI=1S/C18H24N4OS2/c1-12(11-19)24-18-20-16-15(13-7-4-5-8-14(13)25-16)17(23)22(18)10-6-9-21(2)3/h12H,4-10H2,1-3H3. The van der Waals surface area contributed by atoms with Gasteiger partial charge in [0.2, 0.25) is 0 Å². The Hall–Kier alpha value is -1.36. The summed E-state index contributed by atoms with van der Waals surface area (Å²) in [7, 11) is 4.07. The Kier molecular flexibility index (Phi) is 5.82. The smallest absolute Gasteiger partial charge is 0.263 e. The van der Waals surface area contributed by atoms with Crippen LogP contribution in [0.4, 0.5) is 0 Å². The summed E-state index contributed by atoms with van der Waals surface area (Å²) in [6.07, 6.45) is 5.30. The van der Waals surface area contributed by atoms with Gasteiger partial charge in [0.15, 0.2) is 5.16 Å². The van der Waals surface area contributed by atoms with E-state index in [9.17, 15) is 4.79 Å². The monoisotopic (exact) mass is 376 g/mol. The van der Waals surface area contributed by atoms with Gasteiger partial charge in [-0.05, 0) is 65.2 Å². The van der Waals surface area contributed by atoms with Crippen LogP contribution >= 0.6 is 23.1 Å². The second-order valence-electron chi connectivity index (χ2n) is 6.79. The van der Waals surface area contributed by atoms with E-state index in [1.807, 2.05) is 21.0 Å². The van der Waals surface area contributed by atoms with Crippen LogP contribution in [0.25, 0.3) is 10.2 Å². The SMILES string of the molecule is CC(C#N)Sc1nc2sc3c(c2c(=O)n1CCCN(C)C)CCCC3. The van der Waals surface area contributed by atoms with Gasteiger partial charge in [-0.1, -0.05) is 11.8 Å². The first kappa shape index (κ1) is 18.4. The largest absolute Gasteiger partial charge is 0.309 e. The summed E-state index contributed by atoms with van der Waals surface area (Å²) >= 11 is 3.06. The van der Waals surface area contributed by atoms with Gasteiger partial charge < -0.3 is 4.90 Å². The topological polar surface area (TPSA) is 61.9 Å². The molecule has 1 aliphatic carbocycles. The maximum absolute atomic E-state index is 13.2. The summed E-state index contributed by atoms with van der Waals surface area (Å²) in [6.45, 7) is 3.42. The van der Waals surface area contributed by atoms with Crippen LogP contribution in [0.15, 0.2) is 9.95 Å². The van der Waals surface area contributed by atoms with Gasteiger partial charge in [0.1, 0.15) is 4.83 Å². The van der Waals surface area contributed by atoms with Gasteiger partial charge >= 0.3 is 0 Å². The number of nitriles is 1. The number of aromatic nitrogens is 2. The predicted octanol–water partition coefficient (Wildman–Crippen LogP) is 3.29. The van der Waals surface area contributed by atoms with Crippen molar-refractivity contribution in [2.75, 3.05) is 20.6 Å². The number of nitrogens with zero attached hydrogens (tertiary/aromatic N) is 4. The highest BCUT2D eigenvalue weighted by Crippen LogP contribution is 2.35. The van der Waals surface area contributed by atoms with Crippen molar-refractivity contribution in [1.29, 1.82) is 5.26 Å². The van der Waals surface area contributed by atoms with E-state index < -0.39 is 0 Å². The summed E-state index contributed by atoms with van der Waals surface area (Å²) in [5.41, 5.74) is 1.31. The van der Waals surface area contributed by atoms with Crippen LogP contribution in [0, 0.1) is 11.3 Å². The summed E-state index contributed by atoms with van der Waals surface area (Å²) in [4.78, 5) is 22.4. The number of aryl methyl sites for hydroxylation is 2. The Balaban J connectivity index is 2.07. The molecule has 0 saturated heterocycles. The fourth-order valence-electron chi connectivity index (χ4n) is 3.24. The molecule has 0 aliphatic heterocycles. The molecule has 5 nitrogen and oxygen atoms in total. The first-order valence-electron chi connectivity index (χ1n) is 8.77. The molecule has 134 valence electrons. The van der Waals surface area contributed by atoms with E-state index in [0.717, 1.165) is 42.4 Å². The third-order valence-corrected chi connectivity index (χ3v) is 6.66. The van der Waals surface area contributed by atoms with E-state index in [1.165, 1.54) is 28.6 Å². The number of hydrogen-bond donors (Lipinski definition) is 0. The van der Waals surface area contributed by atoms with Crippen LogP contribution in [-0.4, -0.2) is 40.3 Å². The molecule has 0 amide bonds. The minimum absolute atomic E-state index is 0.0794. The first-order valence-corrected chi connectivity index (χ1v) is 10.5. The molecule has 2 aromatic rings.